The van der Waals surface area contributed by atoms with Crippen molar-refractivity contribution in [2.24, 2.45) is 11.8 Å². The average molecular weight is 399 g/mol. The molecule has 8 heteroatoms. The molecule has 2 aromatic rings. The molecule has 1 aromatic heterocycles. The van der Waals surface area contributed by atoms with E-state index >= 15 is 0 Å². The average Bonchev–Trinajstić information content (AvgIpc) is 3.29. The van der Waals surface area contributed by atoms with Gasteiger partial charge in [-0.3, -0.25) is 4.79 Å². The summed E-state index contributed by atoms with van der Waals surface area (Å²) in [5.41, 5.74) is 1.89. The maximum Gasteiger partial charge on any atom is 0.276 e. The number of nitrogens with one attached hydrogen (secondary N) is 1. The van der Waals surface area contributed by atoms with Crippen LogP contribution in [0, 0.1) is 18.8 Å². The van der Waals surface area contributed by atoms with Crippen LogP contribution in [0.5, 0.6) is 5.75 Å². The first-order valence-electron chi connectivity index (χ1n) is 10.3. The van der Waals surface area contributed by atoms with Crippen LogP contribution >= 0.6 is 0 Å². The number of ether oxygens (including phenoxy) is 2. The van der Waals surface area contributed by atoms with Crippen molar-refractivity contribution in [3.8, 4) is 11.4 Å². The number of hydrogen-bond acceptors (Lipinski definition) is 6. The molecule has 2 atom stereocenters. The Morgan fingerprint density at radius 1 is 1.10 bits per heavy atom. The number of amides is 1. The van der Waals surface area contributed by atoms with E-state index in [1.807, 2.05) is 36.1 Å². The highest BCUT2D eigenvalue weighted by molar-refractivity contribution is 5.93. The predicted octanol–water partition coefficient (Wildman–Crippen LogP) is 1.67. The lowest BCUT2D eigenvalue weighted by Crippen LogP contribution is -2.33. The van der Waals surface area contributed by atoms with Gasteiger partial charge in [0.25, 0.3) is 5.91 Å². The molecule has 156 valence electrons. The van der Waals surface area contributed by atoms with Gasteiger partial charge in [0, 0.05) is 20.2 Å². The molecule has 29 heavy (non-hydrogen) atoms. The van der Waals surface area contributed by atoms with E-state index < -0.39 is 0 Å². The third kappa shape index (κ3) is 4.43. The third-order valence-corrected chi connectivity index (χ3v) is 5.92. The Morgan fingerprint density at radius 2 is 1.79 bits per heavy atom. The van der Waals surface area contributed by atoms with Gasteiger partial charge >= 0.3 is 0 Å². The molecule has 0 bridgehead atoms. The summed E-state index contributed by atoms with van der Waals surface area (Å²) in [5.74, 6) is 2.13. The Morgan fingerprint density at radius 3 is 2.45 bits per heavy atom. The Balaban J connectivity index is 1.44. The molecule has 2 aliphatic rings. The zero-order valence-electron chi connectivity index (χ0n) is 17.1. The largest absolute Gasteiger partial charge is 0.491 e. The van der Waals surface area contributed by atoms with Gasteiger partial charge in [0.15, 0.2) is 5.69 Å². The number of rotatable bonds is 6. The number of nitrogens with zero attached hydrogens (tertiary/aromatic N) is 4. The van der Waals surface area contributed by atoms with Crippen LogP contribution < -0.4 is 10.1 Å². The summed E-state index contributed by atoms with van der Waals surface area (Å²) in [6.07, 6.45) is 2.11. The highest BCUT2D eigenvalue weighted by Crippen LogP contribution is 2.27. The van der Waals surface area contributed by atoms with Gasteiger partial charge in [-0.25, -0.2) is 0 Å². The predicted molar refractivity (Wildman–Crippen MR) is 108 cm³/mol. The number of likely N-dealkylation sites (tertiary alicyclic amines) is 1. The molecule has 1 amide bonds. The van der Waals surface area contributed by atoms with Gasteiger partial charge in [-0.1, -0.05) is 0 Å². The Kier molecular flexibility index (Phi) is 6.10. The van der Waals surface area contributed by atoms with Crippen molar-refractivity contribution < 1.29 is 14.3 Å². The number of carbonyl (C=O) groups is 1. The zero-order valence-corrected chi connectivity index (χ0v) is 17.1. The van der Waals surface area contributed by atoms with Crippen molar-refractivity contribution in [1.82, 2.24) is 25.2 Å². The fraction of sp³-hybridized carbons (Fsp3) is 0.571. The minimum Gasteiger partial charge on any atom is -0.491 e. The number of methoxy groups -OCH3 is 1. The van der Waals surface area contributed by atoms with Gasteiger partial charge < -0.3 is 19.7 Å². The summed E-state index contributed by atoms with van der Waals surface area (Å²) in [6.45, 7) is 6.63. The lowest BCUT2D eigenvalue weighted by molar-refractivity contribution is 0.0751. The Hall–Kier alpha value is -2.45. The molecule has 1 N–H and O–H groups in total. The molecule has 1 aromatic carbocycles. The van der Waals surface area contributed by atoms with Gasteiger partial charge in [0.05, 0.1) is 18.0 Å². The van der Waals surface area contributed by atoms with Gasteiger partial charge in [0.1, 0.15) is 12.4 Å². The van der Waals surface area contributed by atoms with Gasteiger partial charge in [0.2, 0.25) is 0 Å². The first-order valence-corrected chi connectivity index (χ1v) is 10.3. The number of carbonyl (C=O) groups excluding carboxylic acids is 1. The van der Waals surface area contributed by atoms with Crippen LogP contribution in [-0.4, -0.2) is 72.3 Å². The molecule has 2 fully saturated rings. The highest BCUT2D eigenvalue weighted by atomic mass is 16.5. The van der Waals surface area contributed by atoms with Gasteiger partial charge in [-0.2, -0.15) is 9.90 Å². The van der Waals surface area contributed by atoms with Gasteiger partial charge in [-0.05, 0) is 69.0 Å². The lowest BCUT2D eigenvalue weighted by atomic mass is 9.92. The number of benzene rings is 1. The van der Waals surface area contributed by atoms with E-state index in [2.05, 4.69) is 15.5 Å². The molecule has 0 unspecified atom stereocenters. The number of hydrogen-bond donors (Lipinski definition) is 1. The summed E-state index contributed by atoms with van der Waals surface area (Å²) in [7, 11) is 1.64. The summed E-state index contributed by atoms with van der Waals surface area (Å²) in [6, 6.07) is 7.51. The third-order valence-electron chi connectivity index (χ3n) is 5.92. The van der Waals surface area contributed by atoms with E-state index in [1.54, 1.807) is 7.11 Å². The smallest absolute Gasteiger partial charge is 0.276 e. The fourth-order valence-electron chi connectivity index (χ4n) is 4.18. The van der Waals surface area contributed by atoms with Crippen LogP contribution in [0.15, 0.2) is 24.3 Å². The van der Waals surface area contributed by atoms with Crippen molar-refractivity contribution >= 4 is 5.91 Å². The quantitative estimate of drug-likeness (QED) is 0.745. The molecule has 0 saturated carbocycles. The molecule has 8 nitrogen and oxygen atoms in total. The van der Waals surface area contributed by atoms with Crippen LogP contribution in [-0.2, 0) is 4.74 Å². The molecule has 4 rings (SSSR count). The molecule has 2 saturated heterocycles. The molecular weight excluding hydrogens is 370 g/mol. The molecular formula is C21H29N5O3. The van der Waals surface area contributed by atoms with Crippen molar-refractivity contribution in [3.05, 3.63) is 35.7 Å². The summed E-state index contributed by atoms with van der Waals surface area (Å²) < 4.78 is 10.6. The van der Waals surface area contributed by atoms with Crippen molar-refractivity contribution in [2.75, 3.05) is 46.5 Å². The van der Waals surface area contributed by atoms with E-state index in [4.69, 9.17) is 9.47 Å². The second-order valence-corrected chi connectivity index (χ2v) is 7.81. The number of fused-ring (bicyclic) bond motifs is 1. The number of aryl methyl sites for hydroxylation is 1. The molecule has 0 radical (unpaired) electrons. The standard InChI is InChI=1S/C21H29N5O3/c1-15-20(21(27)25-9-7-16-13-22-14-17(16)8-10-25)24-26(23-15)18-3-5-19(6-4-18)29-12-11-28-2/h3-6,16-17,22H,7-14H2,1-2H3/t16-,17+. The topological polar surface area (TPSA) is 81.5 Å². The maximum absolute atomic E-state index is 13.1. The molecule has 2 aliphatic heterocycles. The Labute approximate surface area is 171 Å². The summed E-state index contributed by atoms with van der Waals surface area (Å²) in [4.78, 5) is 16.6. The first-order chi connectivity index (χ1) is 14.2. The highest BCUT2D eigenvalue weighted by Gasteiger charge is 2.32. The molecule has 3 heterocycles. The van der Waals surface area contributed by atoms with Crippen LogP contribution in [0.25, 0.3) is 5.69 Å². The van der Waals surface area contributed by atoms with Crippen LogP contribution in [0.4, 0.5) is 0 Å². The number of aromatic nitrogens is 3. The van der Waals surface area contributed by atoms with E-state index in [1.165, 1.54) is 4.80 Å². The van der Waals surface area contributed by atoms with E-state index in [0.717, 1.165) is 50.5 Å². The van der Waals surface area contributed by atoms with Crippen molar-refractivity contribution in [3.63, 3.8) is 0 Å². The summed E-state index contributed by atoms with van der Waals surface area (Å²) >= 11 is 0. The normalized spacial score (nSPS) is 21.7. The van der Waals surface area contributed by atoms with Crippen LogP contribution in [0.3, 0.4) is 0 Å². The Bertz CT molecular complexity index is 821. The summed E-state index contributed by atoms with van der Waals surface area (Å²) in [5, 5.41) is 12.4. The van der Waals surface area contributed by atoms with Crippen LogP contribution in [0.1, 0.15) is 29.0 Å². The van der Waals surface area contributed by atoms with Crippen molar-refractivity contribution in [1.29, 1.82) is 0 Å². The molecule has 0 spiro atoms. The second kappa shape index (κ2) is 8.92. The second-order valence-electron chi connectivity index (χ2n) is 7.81. The van der Waals surface area contributed by atoms with Gasteiger partial charge in [-0.15, -0.1) is 5.10 Å². The molecule has 0 aliphatic carbocycles. The van der Waals surface area contributed by atoms with E-state index in [9.17, 15) is 4.79 Å². The zero-order chi connectivity index (χ0) is 20.2. The maximum atomic E-state index is 13.1. The van der Waals surface area contributed by atoms with E-state index in [-0.39, 0.29) is 5.91 Å². The monoisotopic (exact) mass is 399 g/mol. The van der Waals surface area contributed by atoms with Crippen LogP contribution in [0.2, 0.25) is 0 Å². The fourth-order valence-corrected chi connectivity index (χ4v) is 4.18. The van der Waals surface area contributed by atoms with Crippen molar-refractivity contribution in [2.45, 2.75) is 19.8 Å². The SMILES string of the molecule is COCCOc1ccc(-n2nc(C)c(C(=O)N3CC[C@@H]4CNC[C@@H]4CC3)n2)cc1. The first kappa shape index (κ1) is 19.8. The minimum absolute atomic E-state index is 0.0128. The minimum atomic E-state index is -0.0128. The van der Waals surface area contributed by atoms with E-state index in [0.29, 0.717) is 36.4 Å². The lowest BCUT2D eigenvalue weighted by Gasteiger charge is -2.19.